The molecule has 0 aliphatic rings. The van der Waals surface area contributed by atoms with Crippen LogP contribution >= 0.6 is 15.9 Å². The molecule has 0 bridgehead atoms. The van der Waals surface area contributed by atoms with E-state index in [1.54, 1.807) is 19.0 Å². The van der Waals surface area contributed by atoms with Crippen LogP contribution < -0.4 is 5.73 Å². The molecule has 0 heterocycles. The van der Waals surface area contributed by atoms with Crippen molar-refractivity contribution < 1.29 is 4.79 Å². The molecule has 1 atom stereocenters. The van der Waals surface area contributed by atoms with E-state index in [0.29, 0.717) is 13.0 Å². The molecule has 3 nitrogen and oxygen atoms in total. The highest BCUT2D eigenvalue weighted by molar-refractivity contribution is 9.10. The van der Waals surface area contributed by atoms with Gasteiger partial charge in [-0.2, -0.15) is 0 Å². The quantitative estimate of drug-likeness (QED) is 0.919. The molecule has 0 fully saturated rings. The van der Waals surface area contributed by atoms with E-state index < -0.39 is 0 Å². The van der Waals surface area contributed by atoms with Crippen LogP contribution in [-0.2, 0) is 4.79 Å². The fraction of sp³-hybridized carbons (Fsp3) is 0.417. The zero-order valence-corrected chi connectivity index (χ0v) is 11.2. The summed E-state index contributed by atoms with van der Waals surface area (Å²) in [5, 5.41) is 0. The number of nitrogens with two attached hydrogens (primary N) is 1. The van der Waals surface area contributed by atoms with E-state index >= 15 is 0 Å². The molecule has 2 N–H and O–H groups in total. The molecule has 4 heteroatoms. The van der Waals surface area contributed by atoms with Gasteiger partial charge in [0.15, 0.2) is 0 Å². The van der Waals surface area contributed by atoms with Crippen molar-refractivity contribution in [2.24, 2.45) is 5.73 Å². The Bertz CT molecular complexity index is 366. The average Bonchev–Trinajstić information content (AvgIpc) is 2.25. The maximum absolute atomic E-state index is 11.6. The summed E-state index contributed by atoms with van der Waals surface area (Å²) in [7, 11) is 3.52. The van der Waals surface area contributed by atoms with Crippen LogP contribution in [0.5, 0.6) is 0 Å². The first kappa shape index (κ1) is 13.2. The number of hydrogen-bond acceptors (Lipinski definition) is 2. The van der Waals surface area contributed by atoms with Crippen LogP contribution in [0.25, 0.3) is 0 Å². The van der Waals surface area contributed by atoms with Crippen molar-refractivity contribution in [1.29, 1.82) is 0 Å². The lowest BCUT2D eigenvalue weighted by molar-refractivity contribution is -0.129. The van der Waals surface area contributed by atoms with E-state index in [1.807, 2.05) is 24.3 Å². The van der Waals surface area contributed by atoms with Crippen molar-refractivity contribution in [3.63, 3.8) is 0 Å². The smallest absolute Gasteiger partial charge is 0.222 e. The highest BCUT2D eigenvalue weighted by Crippen LogP contribution is 2.22. The Morgan fingerprint density at radius 3 is 2.69 bits per heavy atom. The summed E-state index contributed by atoms with van der Waals surface area (Å²) in [6, 6.07) is 7.94. The third-order valence-electron chi connectivity index (χ3n) is 2.52. The standard InChI is InChI=1S/C12H17BrN2O/c1-15(2)12(16)7-10(8-14)9-4-3-5-11(13)6-9/h3-6,10H,7-8,14H2,1-2H3. The molecule has 0 saturated heterocycles. The van der Waals surface area contributed by atoms with Gasteiger partial charge in [-0.15, -0.1) is 0 Å². The average molecular weight is 285 g/mol. The topological polar surface area (TPSA) is 46.3 Å². The SMILES string of the molecule is CN(C)C(=O)CC(CN)c1cccc(Br)c1. The first-order valence-corrected chi connectivity index (χ1v) is 5.99. The van der Waals surface area contributed by atoms with Crippen molar-refractivity contribution in [2.45, 2.75) is 12.3 Å². The van der Waals surface area contributed by atoms with Crippen LogP contribution in [-0.4, -0.2) is 31.4 Å². The highest BCUT2D eigenvalue weighted by Gasteiger charge is 2.15. The second-order valence-corrected chi connectivity index (χ2v) is 4.90. The van der Waals surface area contributed by atoms with Gasteiger partial charge in [-0.25, -0.2) is 0 Å². The van der Waals surface area contributed by atoms with E-state index in [1.165, 1.54) is 0 Å². The number of carbonyl (C=O) groups is 1. The lowest BCUT2D eigenvalue weighted by atomic mass is 9.95. The highest BCUT2D eigenvalue weighted by atomic mass is 79.9. The van der Waals surface area contributed by atoms with Gasteiger partial charge in [0.25, 0.3) is 0 Å². The zero-order valence-electron chi connectivity index (χ0n) is 9.61. The molecule has 0 radical (unpaired) electrons. The number of amides is 1. The van der Waals surface area contributed by atoms with Gasteiger partial charge in [0.05, 0.1) is 0 Å². The Morgan fingerprint density at radius 1 is 1.50 bits per heavy atom. The second-order valence-electron chi connectivity index (χ2n) is 3.98. The Morgan fingerprint density at radius 2 is 2.19 bits per heavy atom. The third kappa shape index (κ3) is 3.61. The summed E-state index contributed by atoms with van der Waals surface area (Å²) in [5.74, 6) is 0.197. The molecule has 1 aromatic carbocycles. The van der Waals surface area contributed by atoms with Crippen molar-refractivity contribution in [1.82, 2.24) is 4.90 Å². The molecule has 1 rings (SSSR count). The van der Waals surface area contributed by atoms with Gasteiger partial charge in [-0.1, -0.05) is 28.1 Å². The zero-order chi connectivity index (χ0) is 12.1. The molecule has 1 unspecified atom stereocenters. The maximum atomic E-state index is 11.6. The predicted octanol–water partition coefficient (Wildman–Crippen LogP) is 1.97. The Balaban J connectivity index is 2.78. The van der Waals surface area contributed by atoms with E-state index in [4.69, 9.17) is 5.73 Å². The number of rotatable bonds is 4. The first-order chi connectivity index (χ1) is 7.54. The Kier molecular flexibility index (Phi) is 4.96. The molecule has 1 amide bonds. The Labute approximate surface area is 105 Å². The summed E-state index contributed by atoms with van der Waals surface area (Å²) in [6.45, 7) is 0.482. The lowest BCUT2D eigenvalue weighted by Gasteiger charge is -2.18. The normalized spacial score (nSPS) is 12.2. The summed E-state index contributed by atoms with van der Waals surface area (Å²) in [4.78, 5) is 13.2. The van der Waals surface area contributed by atoms with Gasteiger partial charge >= 0.3 is 0 Å². The number of hydrogen-bond donors (Lipinski definition) is 1. The second kappa shape index (κ2) is 6.01. The van der Waals surface area contributed by atoms with E-state index in [9.17, 15) is 4.79 Å². The number of benzene rings is 1. The molecule has 0 aromatic heterocycles. The van der Waals surface area contributed by atoms with Crippen molar-refractivity contribution >= 4 is 21.8 Å². The molecular weight excluding hydrogens is 268 g/mol. The molecule has 1 aromatic rings. The molecule has 16 heavy (non-hydrogen) atoms. The van der Waals surface area contributed by atoms with Gasteiger partial charge in [0, 0.05) is 30.9 Å². The predicted molar refractivity (Wildman–Crippen MR) is 69.2 cm³/mol. The van der Waals surface area contributed by atoms with E-state index in [0.717, 1.165) is 10.0 Å². The van der Waals surface area contributed by atoms with Crippen LogP contribution in [0.2, 0.25) is 0 Å². The monoisotopic (exact) mass is 284 g/mol. The largest absolute Gasteiger partial charge is 0.349 e. The van der Waals surface area contributed by atoms with Gasteiger partial charge < -0.3 is 10.6 Å². The van der Waals surface area contributed by atoms with E-state index in [-0.39, 0.29) is 11.8 Å². The van der Waals surface area contributed by atoms with Crippen molar-refractivity contribution in [3.8, 4) is 0 Å². The third-order valence-corrected chi connectivity index (χ3v) is 3.02. The minimum Gasteiger partial charge on any atom is -0.349 e. The Hall–Kier alpha value is -0.870. The van der Waals surface area contributed by atoms with Crippen LogP contribution in [0.3, 0.4) is 0 Å². The number of carbonyl (C=O) groups excluding carboxylic acids is 1. The first-order valence-electron chi connectivity index (χ1n) is 5.20. The minimum absolute atomic E-state index is 0.0902. The van der Waals surface area contributed by atoms with Gasteiger partial charge in [0.2, 0.25) is 5.91 Å². The fourth-order valence-corrected chi connectivity index (χ4v) is 1.91. The number of nitrogens with zero attached hydrogens (tertiary/aromatic N) is 1. The van der Waals surface area contributed by atoms with Crippen LogP contribution in [0.4, 0.5) is 0 Å². The lowest BCUT2D eigenvalue weighted by Crippen LogP contribution is -2.26. The molecule has 0 spiro atoms. The van der Waals surface area contributed by atoms with Gasteiger partial charge in [-0.05, 0) is 24.2 Å². The summed E-state index contributed by atoms with van der Waals surface area (Å²) in [5.41, 5.74) is 6.82. The minimum atomic E-state index is 0.0902. The van der Waals surface area contributed by atoms with Crippen LogP contribution in [0.15, 0.2) is 28.7 Å². The van der Waals surface area contributed by atoms with Crippen molar-refractivity contribution in [3.05, 3.63) is 34.3 Å². The van der Waals surface area contributed by atoms with Crippen molar-refractivity contribution in [2.75, 3.05) is 20.6 Å². The van der Waals surface area contributed by atoms with Gasteiger partial charge in [-0.3, -0.25) is 4.79 Å². The van der Waals surface area contributed by atoms with Crippen LogP contribution in [0, 0.1) is 0 Å². The van der Waals surface area contributed by atoms with E-state index in [2.05, 4.69) is 15.9 Å². The summed E-state index contributed by atoms with van der Waals surface area (Å²) in [6.07, 6.45) is 0.458. The molecule has 0 saturated carbocycles. The molecule has 0 aliphatic heterocycles. The summed E-state index contributed by atoms with van der Waals surface area (Å²) >= 11 is 3.42. The van der Waals surface area contributed by atoms with Crippen LogP contribution in [0.1, 0.15) is 17.9 Å². The summed E-state index contributed by atoms with van der Waals surface area (Å²) < 4.78 is 1.01. The molecule has 88 valence electrons. The molecular formula is C12H17BrN2O. The fourth-order valence-electron chi connectivity index (χ4n) is 1.49. The van der Waals surface area contributed by atoms with Gasteiger partial charge in [0.1, 0.15) is 0 Å². The molecule has 0 aliphatic carbocycles. The number of halogens is 1. The maximum Gasteiger partial charge on any atom is 0.222 e.